The molecule has 0 spiro atoms. The van der Waals surface area contributed by atoms with Gasteiger partial charge in [-0.15, -0.1) is 0 Å². The second-order valence-corrected chi connectivity index (χ2v) is 5.83. The quantitative estimate of drug-likeness (QED) is 0.637. The fourth-order valence-corrected chi connectivity index (χ4v) is 2.63. The summed E-state index contributed by atoms with van der Waals surface area (Å²) in [4.78, 5) is 16.5. The van der Waals surface area contributed by atoms with Crippen molar-refractivity contribution in [2.45, 2.75) is 12.8 Å². The summed E-state index contributed by atoms with van der Waals surface area (Å²) in [7, 11) is 4.68. The number of hydrogen-bond donors (Lipinski definition) is 1. The molecule has 2 aromatic carbocycles. The lowest BCUT2D eigenvalue weighted by Crippen LogP contribution is -2.13. The summed E-state index contributed by atoms with van der Waals surface area (Å²) in [5, 5.41) is 6.79. The molecule has 1 aromatic heterocycles. The van der Waals surface area contributed by atoms with E-state index in [1.165, 1.54) is 0 Å². The molecule has 0 aliphatic heterocycles. The number of amides is 1. The SMILES string of the molecule is COc1ccccc1NC(=O)CCc1nc(-c2ccc(OC)c(OC)c2)no1. The van der Waals surface area contributed by atoms with Crippen molar-refractivity contribution in [1.29, 1.82) is 0 Å². The number of hydrogen-bond acceptors (Lipinski definition) is 7. The van der Waals surface area contributed by atoms with E-state index in [-0.39, 0.29) is 12.3 Å². The number of anilines is 1. The van der Waals surface area contributed by atoms with Gasteiger partial charge in [0, 0.05) is 18.4 Å². The van der Waals surface area contributed by atoms with Crippen LogP contribution in [0.25, 0.3) is 11.4 Å². The molecule has 1 heterocycles. The smallest absolute Gasteiger partial charge is 0.227 e. The molecule has 1 amide bonds. The first-order chi connectivity index (χ1) is 13.6. The van der Waals surface area contributed by atoms with Gasteiger partial charge in [0.1, 0.15) is 5.75 Å². The van der Waals surface area contributed by atoms with Gasteiger partial charge in [-0.1, -0.05) is 17.3 Å². The van der Waals surface area contributed by atoms with E-state index in [0.717, 1.165) is 5.56 Å². The van der Waals surface area contributed by atoms with Gasteiger partial charge in [-0.2, -0.15) is 4.98 Å². The number of aromatic nitrogens is 2. The van der Waals surface area contributed by atoms with Crippen LogP contribution in [-0.2, 0) is 11.2 Å². The van der Waals surface area contributed by atoms with Gasteiger partial charge < -0.3 is 24.1 Å². The maximum atomic E-state index is 12.2. The van der Waals surface area contributed by atoms with Gasteiger partial charge in [0.25, 0.3) is 0 Å². The molecule has 3 aromatic rings. The number of nitrogens with one attached hydrogen (secondary N) is 1. The maximum Gasteiger partial charge on any atom is 0.227 e. The van der Waals surface area contributed by atoms with Crippen LogP contribution in [0.2, 0.25) is 0 Å². The van der Waals surface area contributed by atoms with Crippen molar-refractivity contribution in [1.82, 2.24) is 10.1 Å². The van der Waals surface area contributed by atoms with E-state index in [9.17, 15) is 4.79 Å². The van der Waals surface area contributed by atoms with E-state index in [4.69, 9.17) is 18.7 Å². The zero-order valence-electron chi connectivity index (χ0n) is 15.9. The summed E-state index contributed by atoms with van der Waals surface area (Å²) in [5.41, 5.74) is 1.35. The number of rotatable bonds is 8. The molecule has 146 valence electrons. The van der Waals surface area contributed by atoms with Crippen LogP contribution in [0.4, 0.5) is 5.69 Å². The first-order valence-electron chi connectivity index (χ1n) is 8.62. The van der Waals surface area contributed by atoms with Gasteiger partial charge in [0.15, 0.2) is 11.5 Å². The molecule has 0 saturated carbocycles. The minimum Gasteiger partial charge on any atom is -0.495 e. The van der Waals surface area contributed by atoms with Gasteiger partial charge in [0.05, 0.1) is 27.0 Å². The molecule has 0 radical (unpaired) electrons. The first-order valence-corrected chi connectivity index (χ1v) is 8.62. The normalized spacial score (nSPS) is 10.4. The highest BCUT2D eigenvalue weighted by Gasteiger charge is 2.14. The van der Waals surface area contributed by atoms with Crippen LogP contribution in [0.5, 0.6) is 17.2 Å². The Bertz CT molecular complexity index is 955. The molecule has 0 aliphatic carbocycles. The lowest BCUT2D eigenvalue weighted by molar-refractivity contribution is -0.116. The van der Waals surface area contributed by atoms with Crippen molar-refractivity contribution in [2.24, 2.45) is 0 Å². The predicted molar refractivity (Wildman–Crippen MR) is 103 cm³/mol. The van der Waals surface area contributed by atoms with Crippen molar-refractivity contribution >= 4 is 11.6 Å². The van der Waals surface area contributed by atoms with Gasteiger partial charge in [-0.05, 0) is 30.3 Å². The van der Waals surface area contributed by atoms with Crippen LogP contribution < -0.4 is 19.5 Å². The lowest BCUT2D eigenvalue weighted by Gasteiger charge is -2.09. The molecule has 0 unspecified atom stereocenters. The van der Waals surface area contributed by atoms with Crippen molar-refractivity contribution in [3.05, 3.63) is 48.4 Å². The number of ether oxygens (including phenoxy) is 3. The number of methoxy groups -OCH3 is 3. The van der Waals surface area contributed by atoms with Crippen molar-refractivity contribution in [2.75, 3.05) is 26.6 Å². The van der Waals surface area contributed by atoms with Crippen LogP contribution >= 0.6 is 0 Å². The molecule has 0 atom stereocenters. The van der Waals surface area contributed by atoms with E-state index in [0.29, 0.717) is 41.1 Å². The third kappa shape index (κ3) is 4.40. The number of carbonyl (C=O) groups is 1. The second-order valence-electron chi connectivity index (χ2n) is 5.83. The molecule has 0 fully saturated rings. The predicted octanol–water partition coefficient (Wildman–Crippen LogP) is 3.33. The number of para-hydroxylation sites is 2. The molecule has 28 heavy (non-hydrogen) atoms. The summed E-state index contributed by atoms with van der Waals surface area (Å²) in [6, 6.07) is 12.6. The van der Waals surface area contributed by atoms with Crippen LogP contribution in [0.15, 0.2) is 47.0 Å². The number of nitrogens with zero attached hydrogens (tertiary/aromatic N) is 2. The molecular weight excluding hydrogens is 362 g/mol. The number of aryl methyl sites for hydroxylation is 1. The molecular formula is C20H21N3O5. The Morgan fingerprint density at radius 1 is 1.00 bits per heavy atom. The van der Waals surface area contributed by atoms with E-state index in [2.05, 4.69) is 15.5 Å². The maximum absolute atomic E-state index is 12.2. The number of carbonyl (C=O) groups excluding carboxylic acids is 1. The Labute approximate surface area is 162 Å². The average Bonchev–Trinajstić information content (AvgIpc) is 3.21. The van der Waals surface area contributed by atoms with Gasteiger partial charge in [-0.3, -0.25) is 4.79 Å². The molecule has 8 nitrogen and oxygen atoms in total. The lowest BCUT2D eigenvalue weighted by atomic mass is 10.2. The summed E-state index contributed by atoms with van der Waals surface area (Å²) in [6.07, 6.45) is 0.521. The molecule has 0 saturated heterocycles. The highest BCUT2D eigenvalue weighted by Crippen LogP contribution is 2.31. The molecule has 1 N–H and O–H groups in total. The Hall–Kier alpha value is -3.55. The average molecular weight is 383 g/mol. The Kier molecular flexibility index (Phi) is 6.11. The third-order valence-electron chi connectivity index (χ3n) is 4.06. The minimum atomic E-state index is -0.171. The van der Waals surface area contributed by atoms with Crippen LogP contribution in [0.1, 0.15) is 12.3 Å². The number of benzene rings is 2. The van der Waals surface area contributed by atoms with Crippen LogP contribution in [-0.4, -0.2) is 37.4 Å². The van der Waals surface area contributed by atoms with Crippen LogP contribution in [0, 0.1) is 0 Å². The Morgan fingerprint density at radius 3 is 2.50 bits per heavy atom. The molecule has 0 aliphatic rings. The van der Waals surface area contributed by atoms with Gasteiger partial charge in [0.2, 0.25) is 17.6 Å². The van der Waals surface area contributed by atoms with E-state index < -0.39 is 0 Å². The molecule has 8 heteroatoms. The third-order valence-corrected chi connectivity index (χ3v) is 4.06. The highest BCUT2D eigenvalue weighted by atomic mass is 16.5. The van der Waals surface area contributed by atoms with Gasteiger partial charge >= 0.3 is 0 Å². The largest absolute Gasteiger partial charge is 0.495 e. The van der Waals surface area contributed by atoms with Gasteiger partial charge in [-0.25, -0.2) is 0 Å². The van der Waals surface area contributed by atoms with E-state index in [1.54, 1.807) is 45.6 Å². The Morgan fingerprint density at radius 2 is 1.75 bits per heavy atom. The van der Waals surface area contributed by atoms with Crippen molar-refractivity contribution < 1.29 is 23.5 Å². The summed E-state index contributed by atoms with van der Waals surface area (Å²) in [5.74, 6) is 2.41. The zero-order chi connectivity index (χ0) is 19.9. The molecule has 0 bridgehead atoms. The highest BCUT2D eigenvalue weighted by molar-refractivity contribution is 5.92. The standard InChI is InChI=1S/C20H21N3O5/c1-25-15-7-5-4-6-14(15)21-18(24)10-11-19-22-20(23-28-19)13-8-9-16(26-2)17(12-13)27-3/h4-9,12H,10-11H2,1-3H3,(H,21,24). The fraction of sp³-hybridized carbons (Fsp3) is 0.250. The van der Waals surface area contributed by atoms with Crippen molar-refractivity contribution in [3.8, 4) is 28.6 Å². The second kappa shape index (κ2) is 8.90. The Balaban J connectivity index is 1.62. The summed E-state index contributed by atoms with van der Waals surface area (Å²) >= 11 is 0. The summed E-state index contributed by atoms with van der Waals surface area (Å²) < 4.78 is 21.0. The zero-order valence-corrected chi connectivity index (χ0v) is 15.9. The molecule has 3 rings (SSSR count). The van der Waals surface area contributed by atoms with Crippen LogP contribution in [0.3, 0.4) is 0 Å². The monoisotopic (exact) mass is 383 g/mol. The fourth-order valence-electron chi connectivity index (χ4n) is 2.63. The topological polar surface area (TPSA) is 95.7 Å². The minimum absolute atomic E-state index is 0.171. The van der Waals surface area contributed by atoms with E-state index in [1.807, 2.05) is 18.2 Å². The van der Waals surface area contributed by atoms with Crippen molar-refractivity contribution in [3.63, 3.8) is 0 Å². The summed E-state index contributed by atoms with van der Waals surface area (Å²) in [6.45, 7) is 0. The first kappa shape index (κ1) is 19.2. The van der Waals surface area contributed by atoms with E-state index >= 15 is 0 Å².